The zero-order valence-electron chi connectivity index (χ0n) is 11.9. The van der Waals surface area contributed by atoms with Crippen LogP contribution in [0.4, 0.5) is 0 Å². The Labute approximate surface area is 129 Å². The molecule has 2 aromatic carbocycles. The average Bonchev–Trinajstić information content (AvgIpc) is 2.75. The summed E-state index contributed by atoms with van der Waals surface area (Å²) in [6, 6.07) is 15.8. The number of nitrogens with one attached hydrogen (secondary N) is 2. The Morgan fingerprint density at radius 3 is 2.33 bits per heavy atom. The van der Waals surface area contributed by atoms with Crippen LogP contribution in [-0.4, -0.2) is 11.0 Å². The van der Waals surface area contributed by atoms with E-state index >= 15 is 0 Å². The van der Waals surface area contributed by atoms with Crippen molar-refractivity contribution < 1.29 is 4.79 Å². The predicted octanol–water partition coefficient (Wildman–Crippen LogP) is 2.55. The van der Waals surface area contributed by atoms with Crippen molar-refractivity contribution in [2.45, 2.75) is 19.4 Å². The number of carbonyl (C=O) groups is 1. The quantitative estimate of drug-likeness (QED) is 0.837. The summed E-state index contributed by atoms with van der Waals surface area (Å²) in [5.41, 5.74) is 3.09. The molecule has 3 nitrogen and oxygen atoms in total. The molecule has 1 amide bonds. The van der Waals surface area contributed by atoms with Crippen LogP contribution in [0.1, 0.15) is 22.3 Å². The van der Waals surface area contributed by atoms with E-state index in [0.29, 0.717) is 5.11 Å². The van der Waals surface area contributed by atoms with E-state index in [1.165, 1.54) is 5.56 Å². The molecule has 21 heavy (non-hydrogen) atoms. The largest absolute Gasteiger partial charge is 0.341 e. The minimum Gasteiger partial charge on any atom is -0.341 e. The summed E-state index contributed by atoms with van der Waals surface area (Å²) >= 11 is 5.17. The molecular formula is C17H16N2OS. The van der Waals surface area contributed by atoms with Gasteiger partial charge in [-0.2, -0.15) is 0 Å². The number of carbonyl (C=O) groups excluding carboxylic acids is 1. The van der Waals surface area contributed by atoms with E-state index in [-0.39, 0.29) is 5.91 Å². The number of hydrogen-bond donors (Lipinski definition) is 2. The first-order valence-corrected chi connectivity index (χ1v) is 7.22. The Bertz CT molecular complexity index is 727. The molecule has 0 aromatic heterocycles. The van der Waals surface area contributed by atoms with Crippen LogP contribution in [-0.2, 0) is 10.3 Å². The number of aryl methyl sites for hydroxylation is 2. The van der Waals surface area contributed by atoms with Crippen molar-refractivity contribution in [1.29, 1.82) is 0 Å². The molecule has 0 saturated carbocycles. The lowest BCUT2D eigenvalue weighted by atomic mass is 9.80. The van der Waals surface area contributed by atoms with Crippen LogP contribution in [0.3, 0.4) is 0 Å². The van der Waals surface area contributed by atoms with Gasteiger partial charge in [-0.3, -0.25) is 4.79 Å². The normalized spacial score (nSPS) is 21.0. The number of hydrogen-bond acceptors (Lipinski definition) is 2. The molecule has 4 heteroatoms. The van der Waals surface area contributed by atoms with Crippen LogP contribution >= 0.6 is 12.2 Å². The van der Waals surface area contributed by atoms with Gasteiger partial charge in [0.05, 0.1) is 0 Å². The van der Waals surface area contributed by atoms with E-state index < -0.39 is 5.54 Å². The summed E-state index contributed by atoms with van der Waals surface area (Å²) in [5, 5.41) is 6.27. The minimum atomic E-state index is -0.948. The van der Waals surface area contributed by atoms with E-state index in [2.05, 4.69) is 16.7 Å². The lowest BCUT2D eigenvalue weighted by Gasteiger charge is -2.29. The fourth-order valence-electron chi connectivity index (χ4n) is 2.93. The highest BCUT2D eigenvalue weighted by atomic mass is 32.1. The van der Waals surface area contributed by atoms with E-state index in [9.17, 15) is 4.79 Å². The van der Waals surface area contributed by atoms with Crippen LogP contribution < -0.4 is 10.6 Å². The molecule has 1 atom stereocenters. The smallest absolute Gasteiger partial charge is 0.261 e. The zero-order chi connectivity index (χ0) is 15.0. The van der Waals surface area contributed by atoms with Gasteiger partial charge in [0.15, 0.2) is 10.7 Å². The van der Waals surface area contributed by atoms with Crippen molar-refractivity contribution >= 4 is 23.2 Å². The first-order valence-electron chi connectivity index (χ1n) is 6.81. The molecule has 1 aliphatic heterocycles. The maximum Gasteiger partial charge on any atom is 0.261 e. The minimum absolute atomic E-state index is 0.134. The highest BCUT2D eigenvalue weighted by molar-refractivity contribution is 7.80. The summed E-state index contributed by atoms with van der Waals surface area (Å²) in [4.78, 5) is 12.7. The second-order valence-corrected chi connectivity index (χ2v) is 5.75. The molecule has 2 aromatic rings. The number of rotatable bonds is 2. The van der Waals surface area contributed by atoms with Crippen molar-refractivity contribution in [3.05, 3.63) is 70.8 Å². The van der Waals surface area contributed by atoms with Crippen molar-refractivity contribution in [3.63, 3.8) is 0 Å². The Morgan fingerprint density at radius 2 is 1.76 bits per heavy atom. The van der Waals surface area contributed by atoms with Crippen molar-refractivity contribution in [2.24, 2.45) is 0 Å². The fraction of sp³-hybridized carbons (Fsp3) is 0.176. The van der Waals surface area contributed by atoms with Gasteiger partial charge in [0.2, 0.25) is 0 Å². The highest BCUT2D eigenvalue weighted by Gasteiger charge is 2.48. The third-order valence-corrected chi connectivity index (χ3v) is 4.07. The molecule has 1 unspecified atom stereocenters. The van der Waals surface area contributed by atoms with Crippen molar-refractivity contribution in [1.82, 2.24) is 10.6 Å². The molecule has 2 N–H and O–H groups in total. The Hall–Kier alpha value is -2.20. The van der Waals surface area contributed by atoms with Crippen LogP contribution in [0.25, 0.3) is 0 Å². The molecule has 0 radical (unpaired) electrons. The molecular weight excluding hydrogens is 280 g/mol. The first kappa shape index (κ1) is 13.8. The lowest BCUT2D eigenvalue weighted by molar-refractivity contribution is -0.122. The van der Waals surface area contributed by atoms with Gasteiger partial charge in [-0.1, -0.05) is 54.1 Å². The summed E-state index contributed by atoms with van der Waals surface area (Å²) in [5.74, 6) is -0.134. The lowest BCUT2D eigenvalue weighted by Crippen LogP contribution is -2.45. The Balaban J connectivity index is 2.27. The SMILES string of the molecule is Cc1ccc(C2(c3ccccc3)NC(=S)NC2=O)c(C)c1. The van der Waals surface area contributed by atoms with Crippen molar-refractivity contribution in [2.75, 3.05) is 0 Å². The summed E-state index contributed by atoms with van der Waals surface area (Å²) in [7, 11) is 0. The van der Waals surface area contributed by atoms with Gasteiger partial charge in [-0.05, 0) is 42.8 Å². The molecule has 0 aliphatic carbocycles. The number of benzene rings is 2. The van der Waals surface area contributed by atoms with Gasteiger partial charge < -0.3 is 10.6 Å². The van der Waals surface area contributed by atoms with Crippen molar-refractivity contribution in [3.8, 4) is 0 Å². The molecule has 0 spiro atoms. The van der Waals surface area contributed by atoms with Gasteiger partial charge in [-0.25, -0.2) is 0 Å². The molecule has 1 saturated heterocycles. The Morgan fingerprint density at radius 1 is 1.05 bits per heavy atom. The zero-order valence-corrected chi connectivity index (χ0v) is 12.8. The highest BCUT2D eigenvalue weighted by Crippen LogP contribution is 2.34. The van der Waals surface area contributed by atoms with Gasteiger partial charge in [0, 0.05) is 0 Å². The standard InChI is InChI=1S/C17H16N2OS/c1-11-8-9-14(12(2)10-11)17(13-6-4-3-5-7-13)15(20)18-16(21)19-17/h3-10H,1-2H3,(H2,18,19,20,21). The molecule has 1 aliphatic rings. The summed E-state index contributed by atoms with van der Waals surface area (Å²) < 4.78 is 0. The number of amides is 1. The van der Waals surface area contributed by atoms with Gasteiger partial charge in [0.1, 0.15) is 0 Å². The average molecular weight is 296 g/mol. The van der Waals surface area contributed by atoms with E-state index in [1.54, 1.807) is 0 Å². The number of thiocarbonyl (C=S) groups is 1. The molecule has 1 fully saturated rings. The van der Waals surface area contributed by atoms with Gasteiger partial charge in [-0.15, -0.1) is 0 Å². The maximum absolute atomic E-state index is 12.7. The molecule has 0 bridgehead atoms. The topological polar surface area (TPSA) is 41.1 Å². The van der Waals surface area contributed by atoms with E-state index in [4.69, 9.17) is 12.2 Å². The fourth-order valence-corrected chi connectivity index (χ4v) is 3.17. The third kappa shape index (κ3) is 2.12. The maximum atomic E-state index is 12.7. The predicted molar refractivity (Wildman–Crippen MR) is 87.0 cm³/mol. The van der Waals surface area contributed by atoms with E-state index in [1.807, 2.05) is 56.3 Å². The second-order valence-electron chi connectivity index (χ2n) is 5.34. The molecule has 3 rings (SSSR count). The third-order valence-electron chi connectivity index (χ3n) is 3.86. The molecule has 106 valence electrons. The van der Waals surface area contributed by atoms with Crippen LogP contribution in [0.15, 0.2) is 48.5 Å². The van der Waals surface area contributed by atoms with Gasteiger partial charge >= 0.3 is 0 Å². The Kier molecular flexibility index (Phi) is 3.26. The second kappa shape index (κ2) is 4.97. The van der Waals surface area contributed by atoms with Crippen LogP contribution in [0.5, 0.6) is 0 Å². The van der Waals surface area contributed by atoms with Crippen LogP contribution in [0.2, 0.25) is 0 Å². The van der Waals surface area contributed by atoms with E-state index in [0.717, 1.165) is 16.7 Å². The summed E-state index contributed by atoms with van der Waals surface area (Å²) in [6.07, 6.45) is 0. The van der Waals surface area contributed by atoms with Crippen LogP contribution in [0, 0.1) is 13.8 Å². The first-order chi connectivity index (χ1) is 10.0. The van der Waals surface area contributed by atoms with Gasteiger partial charge in [0.25, 0.3) is 5.91 Å². The summed E-state index contributed by atoms with van der Waals surface area (Å²) in [6.45, 7) is 4.06. The monoisotopic (exact) mass is 296 g/mol. The molecule has 1 heterocycles.